The number of aryl methyl sites for hydroxylation is 1. The molecule has 1 aliphatic rings. The number of nitrogens with one attached hydrogen (secondary N) is 3. The largest absolute Gasteiger partial charge is 0.481 e. The molecule has 2 aromatic rings. The standard InChI is InChI=1S/C18H21N5O6S2/c19-18-22-14-13(16(27)23-18)31-9(7-20-14)2-1-8-3-5-11(30-8)15(26)21-10(17(28)29)4-6-12(24)25/h3,5,9-10H,1-2,4,6-7H2,(H,21,26)(H,24,25)(H,28,29)(H4,19,20,22,23,27)/t9-,10?/m0/s1. The predicted octanol–water partition coefficient (Wildman–Crippen LogP) is 0.980. The van der Waals surface area contributed by atoms with Crippen molar-refractivity contribution in [1.29, 1.82) is 0 Å². The number of H-pyrrole nitrogens is 1. The summed E-state index contributed by atoms with van der Waals surface area (Å²) in [6.45, 7) is 0.621. The summed E-state index contributed by atoms with van der Waals surface area (Å²) < 4.78 is 0. The van der Waals surface area contributed by atoms with Crippen molar-refractivity contribution in [2.24, 2.45) is 0 Å². The average Bonchev–Trinajstić information content (AvgIpc) is 3.18. The summed E-state index contributed by atoms with van der Waals surface area (Å²) in [4.78, 5) is 54.6. The molecule has 1 unspecified atom stereocenters. The number of nitrogen functional groups attached to an aromatic ring is 1. The highest BCUT2D eigenvalue weighted by atomic mass is 32.2. The van der Waals surface area contributed by atoms with Crippen molar-refractivity contribution in [1.82, 2.24) is 15.3 Å². The second-order valence-corrected chi connectivity index (χ2v) is 9.33. The van der Waals surface area contributed by atoms with Crippen molar-refractivity contribution >= 4 is 52.7 Å². The molecular formula is C18H21N5O6S2. The van der Waals surface area contributed by atoms with Gasteiger partial charge in [-0.3, -0.25) is 19.4 Å². The molecule has 0 bridgehead atoms. The lowest BCUT2D eigenvalue weighted by atomic mass is 10.1. The van der Waals surface area contributed by atoms with E-state index in [0.717, 1.165) is 11.3 Å². The maximum absolute atomic E-state index is 12.3. The molecule has 31 heavy (non-hydrogen) atoms. The van der Waals surface area contributed by atoms with Crippen LogP contribution in [-0.4, -0.2) is 55.9 Å². The van der Waals surface area contributed by atoms with Crippen molar-refractivity contribution in [2.45, 2.75) is 41.9 Å². The van der Waals surface area contributed by atoms with Crippen LogP contribution >= 0.6 is 23.1 Å². The van der Waals surface area contributed by atoms with E-state index in [9.17, 15) is 24.3 Å². The summed E-state index contributed by atoms with van der Waals surface area (Å²) >= 11 is 2.68. The number of carboxylic acids is 2. The highest BCUT2D eigenvalue weighted by molar-refractivity contribution is 8.00. The molecule has 13 heteroatoms. The number of rotatable bonds is 9. The molecule has 11 nitrogen and oxygen atoms in total. The van der Waals surface area contributed by atoms with Gasteiger partial charge in [0.15, 0.2) is 0 Å². The average molecular weight is 468 g/mol. The van der Waals surface area contributed by atoms with Gasteiger partial charge in [-0.1, -0.05) is 0 Å². The number of carbonyl (C=O) groups is 3. The van der Waals surface area contributed by atoms with E-state index in [2.05, 4.69) is 20.6 Å². The third-order valence-electron chi connectivity index (χ3n) is 4.53. The lowest BCUT2D eigenvalue weighted by molar-refractivity contribution is -0.140. The minimum atomic E-state index is -1.28. The predicted molar refractivity (Wildman–Crippen MR) is 116 cm³/mol. The van der Waals surface area contributed by atoms with E-state index in [1.807, 2.05) is 0 Å². The Morgan fingerprint density at radius 3 is 2.81 bits per heavy atom. The molecule has 0 radical (unpaired) electrons. The Balaban J connectivity index is 1.55. The minimum Gasteiger partial charge on any atom is -0.481 e. The van der Waals surface area contributed by atoms with Crippen molar-refractivity contribution in [3.63, 3.8) is 0 Å². The summed E-state index contributed by atoms with van der Waals surface area (Å²) in [5.41, 5.74) is 5.27. The normalized spacial score (nSPS) is 16.1. The third kappa shape index (κ3) is 5.98. The van der Waals surface area contributed by atoms with Crippen LogP contribution < -0.4 is 21.9 Å². The number of hydrogen-bond acceptors (Lipinski definition) is 9. The number of amides is 1. The molecule has 0 fully saturated rings. The fraction of sp³-hybridized carbons (Fsp3) is 0.389. The topological polar surface area (TPSA) is 187 Å². The Morgan fingerprint density at radius 1 is 1.32 bits per heavy atom. The first-order valence-corrected chi connectivity index (χ1v) is 11.1. The fourth-order valence-electron chi connectivity index (χ4n) is 2.98. The van der Waals surface area contributed by atoms with Crippen molar-refractivity contribution < 1.29 is 24.6 Å². The lowest BCUT2D eigenvalue weighted by Crippen LogP contribution is -2.40. The van der Waals surface area contributed by atoms with E-state index >= 15 is 0 Å². The van der Waals surface area contributed by atoms with Gasteiger partial charge in [-0.2, -0.15) is 4.98 Å². The molecule has 1 aliphatic heterocycles. The number of aromatic amines is 1. The van der Waals surface area contributed by atoms with Gasteiger partial charge in [0, 0.05) is 23.1 Å². The minimum absolute atomic E-state index is 0.0628. The summed E-state index contributed by atoms with van der Waals surface area (Å²) in [5, 5.41) is 23.5. The van der Waals surface area contributed by atoms with Crippen LogP contribution in [0.15, 0.2) is 21.8 Å². The van der Waals surface area contributed by atoms with Crippen LogP contribution in [0.4, 0.5) is 11.8 Å². The van der Waals surface area contributed by atoms with Crippen molar-refractivity contribution in [3.8, 4) is 0 Å². The zero-order valence-corrected chi connectivity index (χ0v) is 17.8. The molecule has 0 aromatic carbocycles. The molecule has 0 aliphatic carbocycles. The first kappa shape index (κ1) is 22.6. The van der Waals surface area contributed by atoms with Gasteiger partial charge in [-0.15, -0.1) is 23.1 Å². The van der Waals surface area contributed by atoms with Crippen LogP contribution in [0, 0.1) is 0 Å². The van der Waals surface area contributed by atoms with Gasteiger partial charge in [-0.25, -0.2) is 4.79 Å². The van der Waals surface area contributed by atoms with Gasteiger partial charge >= 0.3 is 11.9 Å². The van der Waals surface area contributed by atoms with Crippen molar-refractivity contribution in [2.75, 3.05) is 17.6 Å². The monoisotopic (exact) mass is 467 g/mol. The molecule has 0 saturated heterocycles. The van der Waals surface area contributed by atoms with E-state index in [1.54, 1.807) is 12.1 Å². The molecule has 2 aromatic heterocycles. The number of nitrogens with zero attached hydrogens (tertiary/aromatic N) is 1. The van der Waals surface area contributed by atoms with Gasteiger partial charge in [0.25, 0.3) is 11.5 Å². The number of aliphatic carboxylic acids is 2. The summed E-state index contributed by atoms with van der Waals surface area (Å²) in [5.74, 6) is -2.41. The molecule has 166 valence electrons. The summed E-state index contributed by atoms with van der Waals surface area (Å²) in [7, 11) is 0. The number of fused-ring (bicyclic) bond motifs is 1. The summed E-state index contributed by atoms with van der Waals surface area (Å²) in [6.07, 6.45) is 0.878. The zero-order valence-electron chi connectivity index (χ0n) is 16.2. The number of anilines is 2. The van der Waals surface area contributed by atoms with Gasteiger partial charge in [0.05, 0.1) is 4.88 Å². The highest BCUT2D eigenvalue weighted by Gasteiger charge is 2.24. The first-order chi connectivity index (χ1) is 14.7. The van der Waals surface area contributed by atoms with Crippen LogP contribution in [0.3, 0.4) is 0 Å². The van der Waals surface area contributed by atoms with E-state index in [1.165, 1.54) is 23.1 Å². The third-order valence-corrected chi connectivity index (χ3v) is 7.02. The molecule has 2 atom stereocenters. The number of carboxylic acid groups (broad SMARTS) is 2. The molecule has 0 saturated carbocycles. The van der Waals surface area contributed by atoms with E-state index in [4.69, 9.17) is 10.8 Å². The second-order valence-electron chi connectivity index (χ2n) is 6.85. The quantitative estimate of drug-likeness (QED) is 0.310. The van der Waals surface area contributed by atoms with Crippen LogP contribution in [-0.2, 0) is 16.0 Å². The van der Waals surface area contributed by atoms with Gasteiger partial charge in [0.1, 0.15) is 16.8 Å². The number of carbonyl (C=O) groups excluding carboxylic acids is 1. The Hall–Kier alpha value is -3.06. The van der Waals surface area contributed by atoms with Crippen LogP contribution in [0.25, 0.3) is 0 Å². The number of nitrogens with two attached hydrogens (primary N) is 1. The van der Waals surface area contributed by atoms with Crippen LogP contribution in [0.2, 0.25) is 0 Å². The molecule has 3 rings (SSSR count). The van der Waals surface area contributed by atoms with Gasteiger partial charge in [-0.05, 0) is 31.4 Å². The first-order valence-electron chi connectivity index (χ1n) is 9.37. The van der Waals surface area contributed by atoms with E-state index in [0.29, 0.717) is 28.6 Å². The number of thioether (sulfide) groups is 1. The Kier molecular flexibility index (Phi) is 7.17. The smallest absolute Gasteiger partial charge is 0.326 e. The van der Waals surface area contributed by atoms with Crippen LogP contribution in [0.5, 0.6) is 0 Å². The molecule has 7 N–H and O–H groups in total. The second kappa shape index (κ2) is 9.83. The van der Waals surface area contributed by atoms with Crippen molar-refractivity contribution in [3.05, 3.63) is 32.2 Å². The fourth-order valence-corrected chi connectivity index (χ4v) is 5.03. The summed E-state index contributed by atoms with van der Waals surface area (Å²) in [6, 6.07) is 2.15. The number of thiophene rings is 1. The molecule has 1 amide bonds. The number of hydrogen-bond donors (Lipinski definition) is 6. The Bertz CT molecular complexity index is 1050. The molecule has 0 spiro atoms. The van der Waals surface area contributed by atoms with E-state index < -0.39 is 23.9 Å². The van der Waals surface area contributed by atoms with E-state index in [-0.39, 0.29) is 29.6 Å². The Labute approximate surface area is 184 Å². The molecular weight excluding hydrogens is 446 g/mol. The van der Waals surface area contributed by atoms with Gasteiger partial charge in [0.2, 0.25) is 5.95 Å². The van der Waals surface area contributed by atoms with Crippen LogP contribution in [0.1, 0.15) is 33.8 Å². The highest BCUT2D eigenvalue weighted by Crippen LogP contribution is 2.33. The van der Waals surface area contributed by atoms with Gasteiger partial charge < -0.3 is 26.6 Å². The lowest BCUT2D eigenvalue weighted by Gasteiger charge is -2.23. The maximum atomic E-state index is 12.3. The maximum Gasteiger partial charge on any atom is 0.326 e. The molecule has 3 heterocycles. The Morgan fingerprint density at radius 2 is 2.10 bits per heavy atom. The number of aromatic nitrogens is 2. The zero-order chi connectivity index (χ0) is 22.5. The SMILES string of the molecule is Nc1nc2c(c(=O)[nH]1)S[C@@H](CCc1ccc(C(=O)NC(CCC(=O)O)C(=O)O)s1)CN2.